The quantitative estimate of drug-likeness (QED) is 0.536. The normalized spacial score (nSPS) is 15.3. The molecule has 2 aromatic carbocycles. The summed E-state index contributed by atoms with van der Waals surface area (Å²) >= 11 is 13.6. The van der Waals surface area contributed by atoms with Gasteiger partial charge in [-0.15, -0.1) is 0 Å². The zero-order valence-corrected chi connectivity index (χ0v) is 14.2. The fraction of sp³-hybridized carbons (Fsp3) is 0.250. The summed E-state index contributed by atoms with van der Waals surface area (Å²) in [6.45, 7) is 0. The van der Waals surface area contributed by atoms with Crippen molar-refractivity contribution >= 4 is 43.5 Å². The Hall–Kier alpha value is -0.310. The lowest BCUT2D eigenvalue weighted by Crippen LogP contribution is -1.96. The van der Waals surface area contributed by atoms with Crippen LogP contribution in [0.15, 0.2) is 40.9 Å². The molecule has 0 saturated carbocycles. The van der Waals surface area contributed by atoms with E-state index in [9.17, 15) is 0 Å². The molecule has 0 aromatic heterocycles. The van der Waals surface area contributed by atoms with Gasteiger partial charge in [-0.2, -0.15) is 0 Å². The van der Waals surface area contributed by atoms with E-state index in [-0.39, 0.29) is 4.83 Å². The Labute approximate surface area is 135 Å². The monoisotopic (exact) mass is 398 g/mol. The lowest BCUT2D eigenvalue weighted by atomic mass is 10.0. The Morgan fingerprint density at radius 1 is 1.00 bits per heavy atom. The van der Waals surface area contributed by atoms with Gasteiger partial charge >= 0.3 is 0 Å². The highest BCUT2D eigenvalue weighted by Crippen LogP contribution is 2.37. The third-order valence-electron chi connectivity index (χ3n) is 3.65. The fourth-order valence-electron chi connectivity index (χ4n) is 2.64. The zero-order valence-electron chi connectivity index (χ0n) is 10.3. The Kier molecular flexibility index (Phi) is 4.02. The van der Waals surface area contributed by atoms with E-state index >= 15 is 0 Å². The average molecular weight is 401 g/mol. The van der Waals surface area contributed by atoms with Gasteiger partial charge in [0, 0.05) is 9.50 Å². The Bertz CT molecular complexity index is 622. The van der Waals surface area contributed by atoms with Crippen LogP contribution < -0.4 is 0 Å². The van der Waals surface area contributed by atoms with Crippen LogP contribution in [0.25, 0.3) is 0 Å². The first kappa shape index (κ1) is 13.7. The van der Waals surface area contributed by atoms with Gasteiger partial charge in [-0.05, 0) is 53.6 Å². The molecule has 0 amide bonds. The largest absolute Gasteiger partial charge is 0.0839 e. The highest BCUT2D eigenvalue weighted by Gasteiger charge is 2.17. The summed E-state index contributed by atoms with van der Waals surface area (Å²) in [5, 5.41) is 0.789. The lowest BCUT2D eigenvalue weighted by Gasteiger charge is -2.14. The Balaban J connectivity index is 1.97. The molecule has 0 spiro atoms. The van der Waals surface area contributed by atoms with Gasteiger partial charge in [-0.1, -0.05) is 67.7 Å². The Morgan fingerprint density at radius 2 is 1.79 bits per heavy atom. The molecule has 3 heteroatoms. The number of fused-ring (bicyclic) bond motifs is 1. The molecule has 0 aliphatic heterocycles. The molecular formula is C16H13Br2Cl. The molecule has 0 fully saturated rings. The van der Waals surface area contributed by atoms with Crippen molar-refractivity contribution in [3.05, 3.63) is 68.1 Å². The molecule has 0 heterocycles. The van der Waals surface area contributed by atoms with Crippen LogP contribution in [-0.4, -0.2) is 0 Å². The van der Waals surface area contributed by atoms with Crippen molar-refractivity contribution in [1.82, 2.24) is 0 Å². The fourth-order valence-corrected chi connectivity index (χ4v) is 4.23. The second kappa shape index (κ2) is 5.59. The number of aryl methyl sites for hydroxylation is 2. The summed E-state index contributed by atoms with van der Waals surface area (Å²) in [5.41, 5.74) is 5.40. The third kappa shape index (κ3) is 2.76. The number of hydrogen-bond donors (Lipinski definition) is 0. The van der Waals surface area contributed by atoms with E-state index in [4.69, 9.17) is 11.6 Å². The van der Waals surface area contributed by atoms with Crippen molar-refractivity contribution in [2.75, 3.05) is 0 Å². The van der Waals surface area contributed by atoms with E-state index in [1.165, 1.54) is 36.0 Å². The smallest absolute Gasteiger partial charge is 0.0659 e. The summed E-state index contributed by atoms with van der Waals surface area (Å²) < 4.78 is 1.01. The van der Waals surface area contributed by atoms with Gasteiger partial charge in [-0.25, -0.2) is 0 Å². The van der Waals surface area contributed by atoms with E-state index in [1.807, 2.05) is 12.1 Å². The summed E-state index contributed by atoms with van der Waals surface area (Å²) in [6, 6.07) is 12.8. The summed E-state index contributed by atoms with van der Waals surface area (Å²) in [5.74, 6) is 0. The van der Waals surface area contributed by atoms with Gasteiger partial charge in [0.1, 0.15) is 0 Å². The van der Waals surface area contributed by atoms with Gasteiger partial charge in [0.15, 0.2) is 0 Å². The number of benzene rings is 2. The van der Waals surface area contributed by atoms with Crippen molar-refractivity contribution in [2.45, 2.75) is 24.1 Å². The van der Waals surface area contributed by atoms with Crippen molar-refractivity contribution < 1.29 is 0 Å². The van der Waals surface area contributed by atoms with Crippen LogP contribution >= 0.6 is 43.5 Å². The highest BCUT2D eigenvalue weighted by atomic mass is 79.9. The van der Waals surface area contributed by atoms with Crippen molar-refractivity contribution in [3.63, 3.8) is 0 Å². The SMILES string of the molecule is Clc1cc(Br)ccc1C(Br)c1ccc2c(c1)CCC2. The zero-order chi connectivity index (χ0) is 13.4. The van der Waals surface area contributed by atoms with Gasteiger partial charge in [-0.3, -0.25) is 0 Å². The highest BCUT2D eigenvalue weighted by molar-refractivity contribution is 9.10. The lowest BCUT2D eigenvalue weighted by molar-refractivity contribution is 0.911. The molecule has 0 radical (unpaired) electrons. The molecule has 2 aromatic rings. The number of rotatable bonds is 2. The number of alkyl halides is 1. The molecule has 1 aliphatic carbocycles. The summed E-state index contributed by atoms with van der Waals surface area (Å²) in [6.07, 6.45) is 3.71. The van der Waals surface area contributed by atoms with Gasteiger partial charge in [0.25, 0.3) is 0 Å². The topological polar surface area (TPSA) is 0 Å². The predicted molar refractivity (Wildman–Crippen MR) is 88.4 cm³/mol. The molecular weight excluding hydrogens is 387 g/mol. The van der Waals surface area contributed by atoms with Crippen LogP contribution in [0.5, 0.6) is 0 Å². The molecule has 19 heavy (non-hydrogen) atoms. The molecule has 0 saturated heterocycles. The van der Waals surface area contributed by atoms with E-state index < -0.39 is 0 Å². The van der Waals surface area contributed by atoms with Gasteiger partial charge < -0.3 is 0 Å². The first-order valence-corrected chi connectivity index (χ1v) is 8.44. The second-order valence-corrected chi connectivity index (χ2v) is 7.15. The molecule has 0 N–H and O–H groups in total. The Morgan fingerprint density at radius 3 is 2.58 bits per heavy atom. The van der Waals surface area contributed by atoms with E-state index in [1.54, 1.807) is 0 Å². The van der Waals surface area contributed by atoms with Crippen LogP contribution in [0.2, 0.25) is 5.02 Å². The standard InChI is InChI=1S/C16H13Br2Cl/c17-13-6-7-14(15(19)9-13)16(18)12-5-4-10-2-1-3-11(10)8-12/h4-9,16H,1-3H2. The summed E-state index contributed by atoms with van der Waals surface area (Å²) in [7, 11) is 0. The maximum atomic E-state index is 6.33. The maximum absolute atomic E-state index is 6.33. The molecule has 0 bridgehead atoms. The van der Waals surface area contributed by atoms with E-state index in [0.29, 0.717) is 0 Å². The van der Waals surface area contributed by atoms with Crippen LogP contribution in [0.3, 0.4) is 0 Å². The first-order valence-electron chi connectivity index (χ1n) is 6.36. The minimum Gasteiger partial charge on any atom is -0.0839 e. The molecule has 0 nitrogen and oxygen atoms in total. The summed E-state index contributed by atoms with van der Waals surface area (Å²) in [4.78, 5) is 0.152. The first-order chi connectivity index (χ1) is 9.15. The third-order valence-corrected chi connectivity index (χ3v) is 5.49. The molecule has 1 aliphatic rings. The molecule has 3 rings (SSSR count). The van der Waals surface area contributed by atoms with Crippen molar-refractivity contribution in [2.24, 2.45) is 0 Å². The van der Waals surface area contributed by atoms with Crippen molar-refractivity contribution in [1.29, 1.82) is 0 Å². The maximum Gasteiger partial charge on any atom is 0.0659 e. The van der Waals surface area contributed by atoms with Gasteiger partial charge in [0.05, 0.1) is 4.83 Å². The molecule has 1 atom stereocenters. The van der Waals surface area contributed by atoms with Crippen molar-refractivity contribution in [3.8, 4) is 0 Å². The number of halogens is 3. The number of hydrogen-bond acceptors (Lipinski definition) is 0. The minimum atomic E-state index is 0.152. The van der Waals surface area contributed by atoms with Crippen LogP contribution in [0.1, 0.15) is 33.5 Å². The average Bonchev–Trinajstić information content (AvgIpc) is 2.85. The minimum absolute atomic E-state index is 0.152. The van der Waals surface area contributed by atoms with Crippen LogP contribution in [0.4, 0.5) is 0 Å². The van der Waals surface area contributed by atoms with E-state index in [2.05, 4.69) is 56.1 Å². The van der Waals surface area contributed by atoms with Crippen LogP contribution in [0, 0.1) is 0 Å². The van der Waals surface area contributed by atoms with Crippen LogP contribution in [-0.2, 0) is 12.8 Å². The second-order valence-electron chi connectivity index (χ2n) is 4.91. The van der Waals surface area contributed by atoms with Gasteiger partial charge in [0.2, 0.25) is 0 Å². The molecule has 1 unspecified atom stereocenters. The predicted octanol–water partition coefficient (Wildman–Crippen LogP) is 6.08. The van der Waals surface area contributed by atoms with E-state index in [0.717, 1.165) is 15.1 Å². The molecule has 98 valence electrons.